The second-order valence-electron chi connectivity index (χ2n) is 8.88. The van der Waals surface area contributed by atoms with E-state index in [-0.39, 0.29) is 4.88 Å². The Bertz CT molecular complexity index is 1360. The van der Waals surface area contributed by atoms with Crippen molar-refractivity contribution in [2.24, 2.45) is 0 Å². The third-order valence-electron chi connectivity index (χ3n) is 6.38. The second-order valence-corrected chi connectivity index (χ2v) is 10.3. The van der Waals surface area contributed by atoms with E-state index in [1.54, 1.807) is 18.5 Å². The van der Waals surface area contributed by atoms with Gasteiger partial charge in [-0.25, -0.2) is 9.78 Å². The summed E-state index contributed by atoms with van der Waals surface area (Å²) < 4.78 is 8.04. The van der Waals surface area contributed by atoms with Crippen LogP contribution < -0.4 is 4.74 Å². The minimum absolute atomic E-state index is 0.148. The quantitative estimate of drug-likeness (QED) is 0.362. The van der Waals surface area contributed by atoms with Crippen molar-refractivity contribution in [1.82, 2.24) is 19.4 Å². The first-order valence-electron chi connectivity index (χ1n) is 11.5. The van der Waals surface area contributed by atoms with Gasteiger partial charge < -0.3 is 14.7 Å². The summed E-state index contributed by atoms with van der Waals surface area (Å²) >= 11 is 7.49. The summed E-state index contributed by atoms with van der Waals surface area (Å²) in [6, 6.07) is 15.5. The molecule has 0 amide bonds. The van der Waals surface area contributed by atoms with Gasteiger partial charge in [-0.2, -0.15) is 0 Å². The molecule has 0 bridgehead atoms. The summed E-state index contributed by atoms with van der Waals surface area (Å²) in [7, 11) is 2.15. The third kappa shape index (κ3) is 5.06. The monoisotopic (exact) mass is 510 g/mol. The number of imidazole rings is 1. The molecule has 1 aliphatic heterocycles. The molecule has 35 heavy (non-hydrogen) atoms. The molecule has 182 valence electrons. The number of carbonyl (C=O) groups is 1. The standard InChI is InChI=1S/C26H27ClN4O3S/c1-17(19-5-3-4-6-20(19)27)34-23-14-24(35-25(23)26(32)33)31-16-28-21-8-7-18(13-22(21)31)15-30-11-9-29(2)10-12-30/h3-8,13-14,16-17H,9-12,15H2,1-2H3,(H,32,33)/t17-/m1/s1. The SMILES string of the molecule is C[C@@H](Oc1cc(-n2cnc3ccc(CN4CCN(C)CC4)cc32)sc1C(=O)O)c1ccccc1Cl. The van der Waals surface area contributed by atoms with Crippen LogP contribution in [0, 0.1) is 0 Å². The van der Waals surface area contributed by atoms with E-state index in [0.29, 0.717) is 10.8 Å². The lowest BCUT2D eigenvalue weighted by Gasteiger charge is -2.32. The van der Waals surface area contributed by atoms with E-state index in [9.17, 15) is 9.90 Å². The van der Waals surface area contributed by atoms with Crippen LogP contribution >= 0.6 is 22.9 Å². The van der Waals surface area contributed by atoms with Crippen LogP contribution in [0.15, 0.2) is 54.9 Å². The number of carboxylic acid groups (broad SMARTS) is 1. The van der Waals surface area contributed by atoms with Gasteiger partial charge in [-0.3, -0.25) is 9.47 Å². The molecular formula is C26H27ClN4O3S. The molecule has 1 saturated heterocycles. The fraction of sp³-hybridized carbons (Fsp3) is 0.308. The van der Waals surface area contributed by atoms with Gasteiger partial charge in [0.05, 0.1) is 11.0 Å². The van der Waals surface area contributed by atoms with Crippen molar-refractivity contribution in [2.75, 3.05) is 33.2 Å². The highest BCUT2D eigenvalue weighted by molar-refractivity contribution is 7.16. The number of ether oxygens (including phenoxy) is 1. The first kappa shape index (κ1) is 23.8. The zero-order valence-corrected chi connectivity index (χ0v) is 21.2. The fourth-order valence-electron chi connectivity index (χ4n) is 4.37. The number of aromatic carboxylic acids is 1. The smallest absolute Gasteiger partial charge is 0.349 e. The van der Waals surface area contributed by atoms with Crippen molar-refractivity contribution >= 4 is 39.9 Å². The lowest BCUT2D eigenvalue weighted by molar-refractivity contribution is 0.0696. The Morgan fingerprint density at radius 1 is 1.17 bits per heavy atom. The average Bonchev–Trinajstić information content (AvgIpc) is 3.44. The number of fused-ring (bicyclic) bond motifs is 1. The molecule has 0 radical (unpaired) electrons. The van der Waals surface area contributed by atoms with Crippen LogP contribution in [0.5, 0.6) is 5.75 Å². The van der Waals surface area contributed by atoms with E-state index in [2.05, 4.69) is 34.0 Å². The van der Waals surface area contributed by atoms with Crippen molar-refractivity contribution in [1.29, 1.82) is 0 Å². The predicted octanol–water partition coefficient (Wildman–Crippen LogP) is 5.33. The molecule has 0 spiro atoms. The Morgan fingerprint density at radius 3 is 2.69 bits per heavy atom. The molecule has 2 aromatic carbocycles. The molecule has 0 aliphatic carbocycles. The number of piperazine rings is 1. The predicted molar refractivity (Wildman–Crippen MR) is 139 cm³/mol. The van der Waals surface area contributed by atoms with E-state index in [1.807, 2.05) is 35.8 Å². The number of hydrogen-bond donors (Lipinski definition) is 1. The van der Waals surface area contributed by atoms with Crippen LogP contribution in [0.1, 0.15) is 33.8 Å². The van der Waals surface area contributed by atoms with E-state index >= 15 is 0 Å². The third-order valence-corrected chi connectivity index (χ3v) is 7.83. The number of hydrogen-bond acceptors (Lipinski definition) is 6. The summed E-state index contributed by atoms with van der Waals surface area (Å²) in [5.41, 5.74) is 3.83. The molecule has 9 heteroatoms. The normalized spacial score (nSPS) is 16.0. The number of thiophene rings is 1. The molecular weight excluding hydrogens is 484 g/mol. The Labute approximate surface area is 213 Å². The van der Waals surface area contributed by atoms with Crippen molar-refractivity contribution in [3.05, 3.63) is 75.9 Å². The van der Waals surface area contributed by atoms with E-state index < -0.39 is 12.1 Å². The Morgan fingerprint density at radius 2 is 1.94 bits per heavy atom. The van der Waals surface area contributed by atoms with Gasteiger partial charge in [0.25, 0.3) is 0 Å². The maximum atomic E-state index is 12.0. The molecule has 3 heterocycles. The minimum Gasteiger partial charge on any atom is -0.484 e. The van der Waals surface area contributed by atoms with Crippen LogP contribution in [-0.4, -0.2) is 63.7 Å². The Hall–Kier alpha value is -2.91. The molecule has 1 aliphatic rings. The van der Waals surface area contributed by atoms with Crippen LogP contribution in [-0.2, 0) is 6.54 Å². The van der Waals surface area contributed by atoms with Crippen molar-refractivity contribution in [3.8, 4) is 10.8 Å². The largest absolute Gasteiger partial charge is 0.484 e. The van der Waals surface area contributed by atoms with E-state index in [1.165, 1.54) is 16.9 Å². The number of nitrogens with zero attached hydrogens (tertiary/aromatic N) is 4. The number of likely N-dealkylation sites (N-methyl/N-ethyl adjacent to an activating group) is 1. The first-order chi connectivity index (χ1) is 16.9. The lowest BCUT2D eigenvalue weighted by atomic mass is 10.1. The topological polar surface area (TPSA) is 70.8 Å². The highest BCUT2D eigenvalue weighted by atomic mass is 35.5. The number of benzene rings is 2. The van der Waals surface area contributed by atoms with Crippen LogP contribution in [0.25, 0.3) is 16.0 Å². The summed E-state index contributed by atoms with van der Waals surface area (Å²) in [5.74, 6) is -0.705. The minimum atomic E-state index is -1.03. The summed E-state index contributed by atoms with van der Waals surface area (Å²) in [4.78, 5) is 21.5. The van der Waals surface area contributed by atoms with Crippen molar-refractivity contribution in [3.63, 3.8) is 0 Å². The second kappa shape index (κ2) is 9.99. The Balaban J connectivity index is 1.44. The van der Waals surface area contributed by atoms with Crippen LogP contribution in [0.2, 0.25) is 5.02 Å². The Kier molecular flexibility index (Phi) is 6.80. The molecule has 0 saturated carbocycles. The molecule has 1 fully saturated rings. The number of carboxylic acids is 1. The van der Waals surface area contributed by atoms with Gasteiger partial charge in [0, 0.05) is 49.4 Å². The summed E-state index contributed by atoms with van der Waals surface area (Å²) in [6.45, 7) is 6.98. The molecule has 2 aromatic heterocycles. The van der Waals surface area contributed by atoms with Gasteiger partial charge in [0.2, 0.25) is 0 Å². The van der Waals surface area contributed by atoms with Gasteiger partial charge in [0.1, 0.15) is 23.2 Å². The van der Waals surface area contributed by atoms with E-state index in [0.717, 1.165) is 54.3 Å². The highest BCUT2D eigenvalue weighted by Gasteiger charge is 2.22. The molecule has 0 unspecified atom stereocenters. The summed E-state index contributed by atoms with van der Waals surface area (Å²) in [6.07, 6.45) is 1.34. The molecule has 1 atom stereocenters. The fourth-order valence-corrected chi connectivity index (χ4v) is 5.57. The molecule has 1 N–H and O–H groups in total. The first-order valence-corrected chi connectivity index (χ1v) is 12.7. The van der Waals surface area contributed by atoms with Gasteiger partial charge >= 0.3 is 5.97 Å². The molecule has 4 aromatic rings. The zero-order valence-electron chi connectivity index (χ0n) is 19.6. The van der Waals surface area contributed by atoms with E-state index in [4.69, 9.17) is 16.3 Å². The average molecular weight is 511 g/mol. The zero-order chi connectivity index (χ0) is 24.5. The number of aromatic nitrogens is 2. The number of halogens is 1. The van der Waals surface area contributed by atoms with Gasteiger partial charge in [-0.1, -0.05) is 35.9 Å². The van der Waals surface area contributed by atoms with Crippen LogP contribution in [0.3, 0.4) is 0 Å². The van der Waals surface area contributed by atoms with Crippen molar-refractivity contribution < 1.29 is 14.6 Å². The highest BCUT2D eigenvalue weighted by Crippen LogP contribution is 2.37. The van der Waals surface area contributed by atoms with Gasteiger partial charge in [0.15, 0.2) is 4.88 Å². The molecule has 7 nitrogen and oxygen atoms in total. The maximum absolute atomic E-state index is 12.0. The summed E-state index contributed by atoms with van der Waals surface area (Å²) in [5, 5.41) is 11.2. The van der Waals surface area contributed by atoms with Gasteiger partial charge in [-0.05, 0) is 37.7 Å². The van der Waals surface area contributed by atoms with Crippen LogP contribution in [0.4, 0.5) is 0 Å². The lowest BCUT2D eigenvalue weighted by Crippen LogP contribution is -2.43. The molecule has 5 rings (SSSR count). The van der Waals surface area contributed by atoms with Gasteiger partial charge in [-0.15, -0.1) is 11.3 Å². The maximum Gasteiger partial charge on any atom is 0.349 e. The number of rotatable bonds is 7. The van der Waals surface area contributed by atoms with Crippen molar-refractivity contribution in [2.45, 2.75) is 19.6 Å².